The maximum Gasteiger partial charge on any atom is 0.410 e. The first kappa shape index (κ1) is 13.8. The van der Waals surface area contributed by atoms with E-state index in [1.54, 1.807) is 11.2 Å². The predicted molar refractivity (Wildman–Crippen MR) is 68.7 cm³/mol. The molecule has 0 aliphatic carbocycles. The molecule has 0 spiro atoms. The molecule has 0 radical (unpaired) electrons. The molecule has 0 saturated carbocycles. The van der Waals surface area contributed by atoms with Gasteiger partial charge in [-0.15, -0.1) is 5.10 Å². The highest BCUT2D eigenvalue weighted by Gasteiger charge is 2.28. The minimum Gasteiger partial charge on any atom is -0.444 e. The molecule has 0 N–H and O–H groups in total. The zero-order valence-electron chi connectivity index (χ0n) is 11.8. The second kappa shape index (κ2) is 5.59. The fourth-order valence-electron chi connectivity index (χ4n) is 2.23. The summed E-state index contributed by atoms with van der Waals surface area (Å²) in [5.74, 6) is 0.182. The highest BCUT2D eigenvalue weighted by atomic mass is 16.6. The van der Waals surface area contributed by atoms with Gasteiger partial charge < -0.3 is 14.2 Å². The Hall–Kier alpha value is -1.59. The molecule has 1 amide bonds. The van der Waals surface area contributed by atoms with Crippen molar-refractivity contribution in [3.8, 4) is 0 Å². The molecule has 1 aromatic rings. The minimum absolute atomic E-state index is 0.182. The Balaban J connectivity index is 2.02. The van der Waals surface area contributed by atoms with Gasteiger partial charge in [-0.2, -0.15) is 0 Å². The quantitative estimate of drug-likeness (QED) is 0.782. The molecule has 1 unspecified atom stereocenters. The van der Waals surface area contributed by atoms with Crippen molar-refractivity contribution in [2.75, 3.05) is 13.1 Å². The van der Waals surface area contributed by atoms with Crippen molar-refractivity contribution in [3.05, 3.63) is 12.0 Å². The standard InChI is InChI=1S/C13H21N3O3/c1-13(2,3)19-12(17)16-7-5-4-6-10(8-16)11-9-18-15-14-11/h9-10H,4-8H2,1-3H3. The Morgan fingerprint density at radius 1 is 1.47 bits per heavy atom. The van der Waals surface area contributed by atoms with Gasteiger partial charge >= 0.3 is 6.09 Å². The molecular formula is C13H21N3O3. The van der Waals surface area contributed by atoms with Crippen LogP contribution in [-0.4, -0.2) is 40.1 Å². The normalized spacial score (nSPS) is 21.0. The van der Waals surface area contributed by atoms with E-state index in [9.17, 15) is 4.79 Å². The van der Waals surface area contributed by atoms with Gasteiger partial charge in [-0.3, -0.25) is 0 Å². The third kappa shape index (κ3) is 3.94. The Labute approximate surface area is 113 Å². The first-order chi connectivity index (χ1) is 8.96. The number of aromatic nitrogens is 2. The Kier molecular flexibility index (Phi) is 4.07. The van der Waals surface area contributed by atoms with E-state index in [2.05, 4.69) is 10.4 Å². The number of amides is 1. The van der Waals surface area contributed by atoms with Crippen LogP contribution in [0.25, 0.3) is 0 Å². The van der Waals surface area contributed by atoms with E-state index in [0.29, 0.717) is 6.54 Å². The molecule has 1 saturated heterocycles. The van der Waals surface area contributed by atoms with Crippen molar-refractivity contribution in [2.24, 2.45) is 0 Å². The summed E-state index contributed by atoms with van der Waals surface area (Å²) in [6, 6.07) is 0. The first-order valence-electron chi connectivity index (χ1n) is 6.70. The van der Waals surface area contributed by atoms with Crippen LogP contribution >= 0.6 is 0 Å². The average Bonchev–Trinajstić information content (AvgIpc) is 2.71. The van der Waals surface area contributed by atoms with Gasteiger partial charge in [0.05, 0.1) is 0 Å². The monoisotopic (exact) mass is 267 g/mol. The van der Waals surface area contributed by atoms with E-state index in [0.717, 1.165) is 31.5 Å². The van der Waals surface area contributed by atoms with Crippen molar-refractivity contribution < 1.29 is 14.1 Å². The molecule has 1 aromatic heterocycles. The molecule has 1 atom stereocenters. The molecular weight excluding hydrogens is 246 g/mol. The molecule has 6 heteroatoms. The molecule has 6 nitrogen and oxygen atoms in total. The lowest BCUT2D eigenvalue weighted by molar-refractivity contribution is 0.0248. The molecule has 19 heavy (non-hydrogen) atoms. The summed E-state index contributed by atoms with van der Waals surface area (Å²) in [5, 5.41) is 7.45. The molecule has 2 rings (SSSR count). The zero-order valence-corrected chi connectivity index (χ0v) is 11.8. The molecule has 0 aromatic carbocycles. The van der Waals surface area contributed by atoms with Gasteiger partial charge in [0.2, 0.25) is 0 Å². The summed E-state index contributed by atoms with van der Waals surface area (Å²) in [6.07, 6.45) is 4.35. The number of nitrogens with zero attached hydrogens (tertiary/aromatic N) is 3. The Morgan fingerprint density at radius 3 is 2.89 bits per heavy atom. The summed E-state index contributed by atoms with van der Waals surface area (Å²) >= 11 is 0. The highest BCUT2D eigenvalue weighted by molar-refractivity contribution is 5.68. The minimum atomic E-state index is -0.464. The second-order valence-corrected chi connectivity index (χ2v) is 5.95. The summed E-state index contributed by atoms with van der Waals surface area (Å²) in [7, 11) is 0. The summed E-state index contributed by atoms with van der Waals surface area (Å²) < 4.78 is 10.2. The molecule has 0 bridgehead atoms. The van der Waals surface area contributed by atoms with Crippen LogP contribution < -0.4 is 0 Å². The van der Waals surface area contributed by atoms with Gasteiger partial charge in [-0.1, -0.05) is 6.42 Å². The number of rotatable bonds is 1. The fraction of sp³-hybridized carbons (Fsp3) is 0.769. The fourth-order valence-corrected chi connectivity index (χ4v) is 2.23. The topological polar surface area (TPSA) is 68.5 Å². The third-order valence-electron chi connectivity index (χ3n) is 3.12. The summed E-state index contributed by atoms with van der Waals surface area (Å²) in [4.78, 5) is 13.9. The maximum absolute atomic E-state index is 12.1. The van der Waals surface area contributed by atoms with Gasteiger partial charge in [0.15, 0.2) is 0 Å². The smallest absolute Gasteiger partial charge is 0.410 e. The van der Waals surface area contributed by atoms with Crippen LogP contribution in [0, 0.1) is 0 Å². The average molecular weight is 267 g/mol. The summed E-state index contributed by atoms with van der Waals surface area (Å²) in [6.45, 7) is 6.98. The second-order valence-electron chi connectivity index (χ2n) is 5.95. The van der Waals surface area contributed by atoms with Crippen molar-refractivity contribution in [2.45, 2.75) is 51.6 Å². The number of carbonyl (C=O) groups is 1. The third-order valence-corrected chi connectivity index (χ3v) is 3.12. The van der Waals surface area contributed by atoms with Crippen LogP contribution in [0.15, 0.2) is 10.8 Å². The van der Waals surface area contributed by atoms with Crippen molar-refractivity contribution in [1.82, 2.24) is 15.3 Å². The maximum atomic E-state index is 12.1. The lowest BCUT2D eigenvalue weighted by Crippen LogP contribution is -2.38. The molecule has 106 valence electrons. The number of ether oxygens (including phenoxy) is 1. The van der Waals surface area contributed by atoms with E-state index in [-0.39, 0.29) is 12.0 Å². The van der Waals surface area contributed by atoms with Gasteiger partial charge in [0, 0.05) is 24.3 Å². The van der Waals surface area contributed by atoms with Gasteiger partial charge in [0.25, 0.3) is 0 Å². The SMILES string of the molecule is CC(C)(C)OC(=O)N1CCCCC(c2conn2)C1. The van der Waals surface area contributed by atoms with Gasteiger partial charge in [-0.05, 0) is 33.6 Å². The predicted octanol–water partition coefficient (Wildman–Crippen LogP) is 2.57. The first-order valence-corrected chi connectivity index (χ1v) is 6.70. The van der Waals surface area contributed by atoms with Crippen molar-refractivity contribution >= 4 is 6.09 Å². The highest BCUT2D eigenvalue weighted by Crippen LogP contribution is 2.25. The Bertz CT molecular complexity index is 411. The Morgan fingerprint density at radius 2 is 2.26 bits per heavy atom. The number of carbonyl (C=O) groups excluding carboxylic acids is 1. The largest absolute Gasteiger partial charge is 0.444 e. The van der Waals surface area contributed by atoms with Crippen molar-refractivity contribution in [3.63, 3.8) is 0 Å². The summed E-state index contributed by atoms with van der Waals surface area (Å²) in [5.41, 5.74) is 0.351. The number of hydrogen-bond acceptors (Lipinski definition) is 5. The van der Waals surface area contributed by atoms with Crippen LogP contribution in [0.4, 0.5) is 4.79 Å². The molecule has 1 aliphatic rings. The van der Waals surface area contributed by atoms with Crippen LogP contribution in [-0.2, 0) is 4.74 Å². The van der Waals surface area contributed by atoms with Gasteiger partial charge in [-0.25, -0.2) is 4.79 Å². The van der Waals surface area contributed by atoms with E-state index >= 15 is 0 Å². The van der Waals surface area contributed by atoms with Crippen LogP contribution in [0.1, 0.15) is 51.6 Å². The number of hydrogen-bond donors (Lipinski definition) is 0. The molecule has 1 fully saturated rings. The van der Waals surface area contributed by atoms with Crippen LogP contribution in [0.2, 0.25) is 0 Å². The van der Waals surface area contributed by atoms with E-state index in [1.807, 2.05) is 20.8 Å². The zero-order chi connectivity index (χ0) is 13.9. The van der Waals surface area contributed by atoms with E-state index < -0.39 is 5.60 Å². The van der Waals surface area contributed by atoms with E-state index in [1.165, 1.54) is 0 Å². The lowest BCUT2D eigenvalue weighted by atomic mass is 10.0. The van der Waals surface area contributed by atoms with Crippen LogP contribution in [0.3, 0.4) is 0 Å². The number of likely N-dealkylation sites (tertiary alicyclic amines) is 1. The van der Waals surface area contributed by atoms with Gasteiger partial charge in [0.1, 0.15) is 17.6 Å². The molecule has 2 heterocycles. The van der Waals surface area contributed by atoms with Crippen LogP contribution in [0.5, 0.6) is 0 Å². The molecule has 1 aliphatic heterocycles. The van der Waals surface area contributed by atoms with E-state index in [4.69, 9.17) is 9.26 Å². The van der Waals surface area contributed by atoms with Crippen molar-refractivity contribution in [1.29, 1.82) is 0 Å². The lowest BCUT2D eigenvalue weighted by Gasteiger charge is -2.27.